The van der Waals surface area contributed by atoms with E-state index in [1.54, 1.807) is 25.3 Å². The van der Waals surface area contributed by atoms with Gasteiger partial charge in [-0.3, -0.25) is 4.79 Å². The number of nitrogens with one attached hydrogen (secondary N) is 2. The van der Waals surface area contributed by atoms with Gasteiger partial charge in [0.05, 0.1) is 23.7 Å². The first-order valence-corrected chi connectivity index (χ1v) is 6.95. The third-order valence-corrected chi connectivity index (χ3v) is 4.40. The van der Waals surface area contributed by atoms with Crippen molar-refractivity contribution in [3.63, 3.8) is 0 Å². The highest BCUT2D eigenvalue weighted by atomic mass is 35.5. The molecule has 2 saturated heterocycles. The van der Waals surface area contributed by atoms with Gasteiger partial charge in [0.1, 0.15) is 5.75 Å². The van der Waals surface area contributed by atoms with Gasteiger partial charge in [-0.15, -0.1) is 0 Å². The molecule has 2 fully saturated rings. The van der Waals surface area contributed by atoms with Crippen molar-refractivity contribution in [3.05, 3.63) is 23.2 Å². The van der Waals surface area contributed by atoms with Gasteiger partial charge in [0.2, 0.25) is 5.91 Å². The molecule has 1 aromatic rings. The number of hydrogen-bond acceptors (Lipinski definition) is 3. The summed E-state index contributed by atoms with van der Waals surface area (Å²) in [5, 5.41) is 6.92. The largest absolute Gasteiger partial charge is 0.497 e. The zero-order valence-electron chi connectivity index (χ0n) is 10.8. The molecule has 19 heavy (non-hydrogen) atoms. The number of fused-ring (bicyclic) bond motifs is 2. The zero-order valence-corrected chi connectivity index (χ0v) is 11.5. The molecule has 102 valence electrons. The lowest BCUT2D eigenvalue weighted by molar-refractivity contribution is -0.120. The van der Waals surface area contributed by atoms with E-state index in [9.17, 15) is 4.79 Å². The number of methoxy groups -OCH3 is 1. The van der Waals surface area contributed by atoms with E-state index in [2.05, 4.69) is 10.6 Å². The molecular formula is C14H17ClN2O2. The summed E-state index contributed by atoms with van der Waals surface area (Å²) in [4.78, 5) is 12.3. The molecule has 3 rings (SSSR count). The van der Waals surface area contributed by atoms with Crippen LogP contribution in [0, 0.1) is 5.92 Å². The molecule has 2 bridgehead atoms. The normalized spacial score (nSPS) is 28.4. The predicted octanol–water partition coefficient (Wildman–Crippen LogP) is 2.43. The minimum Gasteiger partial charge on any atom is -0.497 e. The average Bonchev–Trinajstić information content (AvgIpc) is 3.03. The molecule has 2 aliphatic heterocycles. The molecule has 0 spiro atoms. The van der Waals surface area contributed by atoms with Crippen LogP contribution in [0.3, 0.4) is 0 Å². The van der Waals surface area contributed by atoms with Gasteiger partial charge in [0.15, 0.2) is 0 Å². The molecule has 0 aromatic heterocycles. The minimum absolute atomic E-state index is 0.0508. The average molecular weight is 281 g/mol. The number of hydrogen-bond donors (Lipinski definition) is 2. The Morgan fingerprint density at radius 3 is 2.95 bits per heavy atom. The second-order valence-corrected chi connectivity index (χ2v) is 5.63. The molecular weight excluding hydrogens is 264 g/mol. The Hall–Kier alpha value is -1.26. The summed E-state index contributed by atoms with van der Waals surface area (Å²) < 4.78 is 5.14. The van der Waals surface area contributed by atoms with Gasteiger partial charge in [-0.2, -0.15) is 0 Å². The summed E-state index contributed by atoms with van der Waals surface area (Å²) in [6, 6.07) is 6.10. The van der Waals surface area contributed by atoms with E-state index >= 15 is 0 Å². The lowest BCUT2D eigenvalue weighted by Crippen LogP contribution is -2.32. The molecule has 2 N–H and O–H groups in total. The van der Waals surface area contributed by atoms with E-state index in [4.69, 9.17) is 16.3 Å². The number of halogens is 1. The molecule has 0 aliphatic carbocycles. The van der Waals surface area contributed by atoms with E-state index < -0.39 is 0 Å². The van der Waals surface area contributed by atoms with Crippen molar-refractivity contribution in [1.82, 2.24) is 5.32 Å². The lowest BCUT2D eigenvalue weighted by Gasteiger charge is -2.20. The Bertz CT molecular complexity index is 506. The highest BCUT2D eigenvalue weighted by Gasteiger charge is 2.42. The Morgan fingerprint density at radius 2 is 2.32 bits per heavy atom. The van der Waals surface area contributed by atoms with Crippen LogP contribution in [0.4, 0.5) is 5.69 Å². The maximum absolute atomic E-state index is 12.3. The van der Waals surface area contributed by atoms with Gasteiger partial charge in [0, 0.05) is 18.2 Å². The molecule has 1 aromatic carbocycles. The number of ether oxygens (including phenoxy) is 1. The van der Waals surface area contributed by atoms with Crippen molar-refractivity contribution in [3.8, 4) is 5.75 Å². The first-order chi connectivity index (χ1) is 9.17. The number of rotatable bonds is 3. The first-order valence-electron chi connectivity index (χ1n) is 6.58. The fraction of sp³-hybridized carbons (Fsp3) is 0.500. The quantitative estimate of drug-likeness (QED) is 0.894. The van der Waals surface area contributed by atoms with Crippen molar-refractivity contribution in [2.24, 2.45) is 5.92 Å². The monoisotopic (exact) mass is 280 g/mol. The summed E-state index contributed by atoms with van der Waals surface area (Å²) in [6.45, 7) is 0. The van der Waals surface area contributed by atoms with Crippen molar-refractivity contribution in [2.45, 2.75) is 31.3 Å². The van der Waals surface area contributed by atoms with Gasteiger partial charge in [-0.25, -0.2) is 0 Å². The van der Waals surface area contributed by atoms with Gasteiger partial charge >= 0.3 is 0 Å². The van der Waals surface area contributed by atoms with Crippen molar-refractivity contribution >= 4 is 23.2 Å². The summed E-state index contributed by atoms with van der Waals surface area (Å²) in [5.41, 5.74) is 0.619. The van der Waals surface area contributed by atoms with E-state index in [-0.39, 0.29) is 11.8 Å². The van der Waals surface area contributed by atoms with Crippen LogP contribution in [0.1, 0.15) is 19.3 Å². The Balaban J connectivity index is 1.72. The van der Waals surface area contributed by atoms with Crippen LogP contribution < -0.4 is 15.4 Å². The number of amides is 1. The van der Waals surface area contributed by atoms with Crippen LogP contribution in [0.5, 0.6) is 5.75 Å². The molecule has 3 atom stereocenters. The van der Waals surface area contributed by atoms with E-state index in [0.717, 1.165) is 12.8 Å². The molecule has 3 unspecified atom stereocenters. The molecule has 1 amide bonds. The lowest BCUT2D eigenvalue weighted by atomic mass is 9.88. The number of anilines is 1. The van der Waals surface area contributed by atoms with Crippen molar-refractivity contribution in [1.29, 1.82) is 0 Å². The number of carbonyl (C=O) groups is 1. The maximum atomic E-state index is 12.3. The SMILES string of the molecule is COc1ccc(Cl)c(NC(=O)C2CC3CCC2N3)c1. The fourth-order valence-electron chi connectivity index (χ4n) is 3.07. The third-order valence-electron chi connectivity index (χ3n) is 4.07. The van der Waals surface area contributed by atoms with Crippen LogP contribution >= 0.6 is 11.6 Å². The van der Waals surface area contributed by atoms with Crippen LogP contribution in [-0.2, 0) is 4.79 Å². The van der Waals surface area contributed by atoms with E-state index in [0.29, 0.717) is 28.5 Å². The second kappa shape index (κ2) is 5.02. The third kappa shape index (κ3) is 2.42. The van der Waals surface area contributed by atoms with Crippen molar-refractivity contribution in [2.75, 3.05) is 12.4 Å². The minimum atomic E-state index is 0.0508. The van der Waals surface area contributed by atoms with Gasteiger partial charge in [-0.05, 0) is 31.4 Å². The molecule has 4 nitrogen and oxygen atoms in total. The summed E-state index contributed by atoms with van der Waals surface area (Å²) in [5.74, 6) is 0.793. The van der Waals surface area contributed by atoms with Crippen LogP contribution in [0.25, 0.3) is 0 Å². The number of carbonyl (C=O) groups excluding carboxylic acids is 1. The first kappa shape index (κ1) is 12.8. The zero-order chi connectivity index (χ0) is 13.4. The molecule has 2 heterocycles. The van der Waals surface area contributed by atoms with Gasteiger partial charge < -0.3 is 15.4 Å². The summed E-state index contributed by atoms with van der Waals surface area (Å²) >= 11 is 6.10. The Labute approximate surface area is 117 Å². The van der Waals surface area contributed by atoms with Gasteiger partial charge in [-0.1, -0.05) is 11.6 Å². The van der Waals surface area contributed by atoms with E-state index in [1.165, 1.54) is 6.42 Å². The van der Waals surface area contributed by atoms with Crippen LogP contribution in [-0.4, -0.2) is 25.1 Å². The van der Waals surface area contributed by atoms with Crippen LogP contribution in [0.15, 0.2) is 18.2 Å². The highest BCUT2D eigenvalue weighted by Crippen LogP contribution is 2.35. The summed E-state index contributed by atoms with van der Waals surface area (Å²) in [6.07, 6.45) is 3.21. The van der Waals surface area contributed by atoms with E-state index in [1.807, 2.05) is 0 Å². The molecule has 0 radical (unpaired) electrons. The summed E-state index contributed by atoms with van der Waals surface area (Å²) in [7, 11) is 1.59. The molecule has 0 saturated carbocycles. The van der Waals surface area contributed by atoms with Crippen LogP contribution in [0.2, 0.25) is 5.02 Å². The smallest absolute Gasteiger partial charge is 0.229 e. The topological polar surface area (TPSA) is 50.4 Å². The maximum Gasteiger partial charge on any atom is 0.229 e. The Morgan fingerprint density at radius 1 is 1.47 bits per heavy atom. The molecule has 2 aliphatic rings. The second-order valence-electron chi connectivity index (χ2n) is 5.22. The van der Waals surface area contributed by atoms with Gasteiger partial charge in [0.25, 0.3) is 0 Å². The Kier molecular flexibility index (Phi) is 3.37. The standard InChI is InChI=1S/C14H17ClN2O2/c1-19-9-3-4-11(15)13(7-9)17-14(18)10-6-8-2-5-12(10)16-8/h3-4,7-8,10,12,16H,2,5-6H2,1H3,(H,17,18). The van der Waals surface area contributed by atoms with Crippen molar-refractivity contribution < 1.29 is 9.53 Å². The predicted molar refractivity (Wildman–Crippen MR) is 74.7 cm³/mol. The highest BCUT2D eigenvalue weighted by molar-refractivity contribution is 6.33. The molecule has 5 heteroatoms. The number of benzene rings is 1. The fourth-order valence-corrected chi connectivity index (χ4v) is 3.23.